The quantitative estimate of drug-likeness (QED) is 0.580. The Morgan fingerprint density at radius 2 is 1.67 bits per heavy atom. The smallest absolute Gasteiger partial charge is 0.258 e. The molecular formula is C21H20FN5O3. The molecule has 1 atom stereocenters. The molecule has 1 unspecified atom stereocenters. The standard InChI is InChI=1S/C21H20FN5O3/c1-13(27-10-4-9-23-27)20(29)25-15-5-3-6-16(11-15)26-21(30)18-12-17(24-14(2)28)7-8-19(18)22/h3-13H,1-2H3,(H,24,28)(H,25,29)(H,26,30). The minimum absolute atomic E-state index is 0.219. The molecule has 0 saturated heterocycles. The molecule has 2 aromatic carbocycles. The molecule has 0 aliphatic rings. The first-order valence-electron chi connectivity index (χ1n) is 9.12. The fourth-order valence-corrected chi connectivity index (χ4v) is 2.73. The number of rotatable bonds is 6. The molecule has 154 valence electrons. The van der Waals surface area contributed by atoms with Gasteiger partial charge in [0, 0.05) is 36.4 Å². The van der Waals surface area contributed by atoms with Crippen LogP contribution in [0.2, 0.25) is 0 Å². The van der Waals surface area contributed by atoms with Gasteiger partial charge in [-0.05, 0) is 49.4 Å². The van der Waals surface area contributed by atoms with Gasteiger partial charge in [0.1, 0.15) is 11.9 Å². The maximum atomic E-state index is 14.1. The lowest BCUT2D eigenvalue weighted by atomic mass is 10.1. The Kier molecular flexibility index (Phi) is 6.21. The van der Waals surface area contributed by atoms with Gasteiger partial charge >= 0.3 is 0 Å². The molecule has 9 heteroatoms. The van der Waals surface area contributed by atoms with Gasteiger partial charge in [0.2, 0.25) is 11.8 Å². The van der Waals surface area contributed by atoms with Crippen molar-refractivity contribution in [1.29, 1.82) is 0 Å². The van der Waals surface area contributed by atoms with Gasteiger partial charge in [-0.15, -0.1) is 0 Å². The van der Waals surface area contributed by atoms with Crippen LogP contribution in [-0.2, 0) is 9.59 Å². The second-order valence-electron chi connectivity index (χ2n) is 6.56. The van der Waals surface area contributed by atoms with Crippen molar-refractivity contribution >= 4 is 34.8 Å². The number of benzene rings is 2. The minimum Gasteiger partial charge on any atom is -0.326 e. The lowest BCUT2D eigenvalue weighted by Crippen LogP contribution is -2.24. The van der Waals surface area contributed by atoms with Gasteiger partial charge < -0.3 is 16.0 Å². The molecule has 0 spiro atoms. The first-order valence-corrected chi connectivity index (χ1v) is 9.12. The molecule has 3 amide bonds. The summed E-state index contributed by atoms with van der Waals surface area (Å²) in [5.41, 5.74) is 0.920. The summed E-state index contributed by atoms with van der Waals surface area (Å²) in [7, 11) is 0. The van der Waals surface area contributed by atoms with Crippen LogP contribution in [0.1, 0.15) is 30.2 Å². The van der Waals surface area contributed by atoms with Crippen LogP contribution in [0.4, 0.5) is 21.5 Å². The first kappa shape index (κ1) is 20.7. The van der Waals surface area contributed by atoms with E-state index in [0.717, 1.165) is 6.07 Å². The number of anilines is 3. The van der Waals surface area contributed by atoms with Gasteiger partial charge in [-0.25, -0.2) is 4.39 Å². The number of aromatic nitrogens is 2. The van der Waals surface area contributed by atoms with E-state index in [2.05, 4.69) is 21.0 Å². The van der Waals surface area contributed by atoms with Crippen molar-refractivity contribution in [3.05, 3.63) is 72.3 Å². The van der Waals surface area contributed by atoms with E-state index >= 15 is 0 Å². The third kappa shape index (κ3) is 5.07. The summed E-state index contributed by atoms with van der Waals surface area (Å²) < 4.78 is 15.6. The Hall–Kier alpha value is -4.01. The fraction of sp³-hybridized carbons (Fsp3) is 0.143. The van der Waals surface area contributed by atoms with Gasteiger partial charge in [-0.3, -0.25) is 19.1 Å². The number of hydrogen-bond acceptors (Lipinski definition) is 4. The van der Waals surface area contributed by atoms with Gasteiger partial charge in [0.05, 0.1) is 5.56 Å². The van der Waals surface area contributed by atoms with Gasteiger partial charge in [-0.2, -0.15) is 5.10 Å². The zero-order valence-corrected chi connectivity index (χ0v) is 16.3. The van der Waals surface area contributed by atoms with Crippen LogP contribution in [0.15, 0.2) is 60.9 Å². The third-order valence-electron chi connectivity index (χ3n) is 4.22. The summed E-state index contributed by atoms with van der Waals surface area (Å²) in [4.78, 5) is 36.1. The van der Waals surface area contributed by atoms with E-state index in [1.807, 2.05) is 0 Å². The number of halogens is 1. The van der Waals surface area contributed by atoms with Crippen LogP contribution in [-0.4, -0.2) is 27.5 Å². The lowest BCUT2D eigenvalue weighted by Gasteiger charge is -2.14. The summed E-state index contributed by atoms with van der Waals surface area (Å²) in [6.07, 6.45) is 3.27. The highest BCUT2D eigenvalue weighted by Gasteiger charge is 2.16. The molecule has 0 aliphatic heterocycles. The lowest BCUT2D eigenvalue weighted by molar-refractivity contribution is -0.119. The average Bonchev–Trinajstić information content (AvgIpc) is 3.23. The summed E-state index contributed by atoms with van der Waals surface area (Å²) in [6.45, 7) is 3.02. The Morgan fingerprint density at radius 1 is 0.967 bits per heavy atom. The zero-order chi connectivity index (χ0) is 21.7. The predicted molar refractivity (Wildman–Crippen MR) is 111 cm³/mol. The molecule has 3 N–H and O–H groups in total. The SMILES string of the molecule is CC(=O)Nc1ccc(F)c(C(=O)Nc2cccc(NC(=O)C(C)n3cccn3)c2)c1. The minimum atomic E-state index is -0.723. The maximum Gasteiger partial charge on any atom is 0.258 e. The number of amides is 3. The molecule has 0 saturated carbocycles. The Bertz CT molecular complexity index is 1080. The molecule has 30 heavy (non-hydrogen) atoms. The van der Waals surface area contributed by atoms with Crippen molar-refractivity contribution in [3.63, 3.8) is 0 Å². The highest BCUT2D eigenvalue weighted by molar-refractivity contribution is 6.06. The summed E-state index contributed by atoms with van der Waals surface area (Å²) in [5.74, 6) is -2.02. The number of carbonyl (C=O) groups is 3. The number of hydrogen-bond donors (Lipinski definition) is 3. The normalized spacial score (nSPS) is 11.4. The molecule has 3 rings (SSSR count). The highest BCUT2D eigenvalue weighted by atomic mass is 19.1. The molecule has 1 aromatic heterocycles. The third-order valence-corrected chi connectivity index (χ3v) is 4.22. The summed E-state index contributed by atoms with van der Waals surface area (Å²) >= 11 is 0. The molecule has 0 bridgehead atoms. The van der Waals surface area contributed by atoms with E-state index in [0.29, 0.717) is 17.1 Å². The number of nitrogens with one attached hydrogen (secondary N) is 3. The van der Waals surface area contributed by atoms with E-state index < -0.39 is 17.8 Å². The van der Waals surface area contributed by atoms with Crippen molar-refractivity contribution in [3.8, 4) is 0 Å². The Morgan fingerprint density at radius 3 is 2.33 bits per heavy atom. The van der Waals surface area contributed by atoms with Gasteiger partial charge in [0.25, 0.3) is 5.91 Å². The molecule has 3 aromatic rings. The topological polar surface area (TPSA) is 105 Å². The van der Waals surface area contributed by atoms with Gasteiger partial charge in [-0.1, -0.05) is 6.07 Å². The van der Waals surface area contributed by atoms with E-state index in [9.17, 15) is 18.8 Å². The van der Waals surface area contributed by atoms with E-state index in [4.69, 9.17) is 0 Å². The Balaban J connectivity index is 1.71. The van der Waals surface area contributed by atoms with Crippen molar-refractivity contribution in [2.45, 2.75) is 19.9 Å². The molecule has 0 aliphatic carbocycles. The predicted octanol–water partition coefficient (Wildman–Crippen LogP) is 3.43. The van der Waals surface area contributed by atoms with Crippen LogP contribution in [0.5, 0.6) is 0 Å². The number of nitrogens with zero attached hydrogens (tertiary/aromatic N) is 2. The fourth-order valence-electron chi connectivity index (χ4n) is 2.73. The average molecular weight is 409 g/mol. The maximum absolute atomic E-state index is 14.1. The zero-order valence-electron chi connectivity index (χ0n) is 16.3. The monoisotopic (exact) mass is 409 g/mol. The molecule has 1 heterocycles. The highest BCUT2D eigenvalue weighted by Crippen LogP contribution is 2.20. The molecule has 8 nitrogen and oxygen atoms in total. The van der Waals surface area contributed by atoms with Crippen LogP contribution >= 0.6 is 0 Å². The first-order chi connectivity index (χ1) is 14.3. The van der Waals surface area contributed by atoms with Gasteiger partial charge in [0.15, 0.2) is 0 Å². The van der Waals surface area contributed by atoms with E-state index in [1.165, 1.54) is 23.7 Å². The molecular weight excluding hydrogens is 389 g/mol. The van der Waals surface area contributed by atoms with Crippen LogP contribution in [0, 0.1) is 5.82 Å². The van der Waals surface area contributed by atoms with Crippen molar-refractivity contribution in [2.24, 2.45) is 0 Å². The van der Waals surface area contributed by atoms with Crippen molar-refractivity contribution < 1.29 is 18.8 Å². The largest absolute Gasteiger partial charge is 0.326 e. The molecule has 0 radical (unpaired) electrons. The second-order valence-corrected chi connectivity index (χ2v) is 6.56. The second kappa shape index (κ2) is 8.99. The van der Waals surface area contributed by atoms with E-state index in [-0.39, 0.29) is 17.4 Å². The number of carbonyl (C=O) groups excluding carboxylic acids is 3. The van der Waals surface area contributed by atoms with E-state index in [1.54, 1.807) is 49.6 Å². The summed E-state index contributed by atoms with van der Waals surface area (Å²) in [5, 5.41) is 11.9. The van der Waals surface area contributed by atoms with Crippen molar-refractivity contribution in [1.82, 2.24) is 9.78 Å². The van der Waals surface area contributed by atoms with Crippen molar-refractivity contribution in [2.75, 3.05) is 16.0 Å². The summed E-state index contributed by atoms with van der Waals surface area (Å²) in [6, 6.07) is 11.4. The van der Waals surface area contributed by atoms with Crippen LogP contribution in [0.25, 0.3) is 0 Å². The van der Waals surface area contributed by atoms with Crippen LogP contribution in [0.3, 0.4) is 0 Å². The Labute approximate surface area is 172 Å². The van der Waals surface area contributed by atoms with Crippen LogP contribution < -0.4 is 16.0 Å². The molecule has 0 fully saturated rings.